The number of phenols is 1. The van der Waals surface area contributed by atoms with Crippen molar-refractivity contribution in [1.82, 2.24) is 15.6 Å². The Hall–Kier alpha value is -2.63. The van der Waals surface area contributed by atoms with Crippen molar-refractivity contribution in [2.75, 3.05) is 0 Å². The van der Waals surface area contributed by atoms with Crippen LogP contribution in [-0.4, -0.2) is 27.4 Å². The first-order valence-electron chi connectivity index (χ1n) is 6.40. The van der Waals surface area contributed by atoms with Gasteiger partial charge in [0.1, 0.15) is 5.75 Å². The van der Waals surface area contributed by atoms with E-state index in [1.54, 1.807) is 30.3 Å². The lowest BCUT2D eigenvalue weighted by Gasteiger charge is -1.96. The molecule has 0 aliphatic heterocycles. The first-order chi connectivity index (χ1) is 9.72. The molecule has 0 saturated heterocycles. The van der Waals surface area contributed by atoms with Gasteiger partial charge < -0.3 is 5.11 Å². The summed E-state index contributed by atoms with van der Waals surface area (Å²) < 4.78 is 0. The average Bonchev–Trinajstić information content (AvgIpc) is 3.16. The molecule has 0 radical (unpaired) electrons. The lowest BCUT2D eigenvalue weighted by Crippen LogP contribution is -2.18. The first kappa shape index (κ1) is 12.4. The molecule has 1 aliphatic rings. The van der Waals surface area contributed by atoms with Crippen LogP contribution in [-0.2, 0) is 0 Å². The van der Waals surface area contributed by atoms with Crippen molar-refractivity contribution in [3.63, 3.8) is 0 Å². The molecular weight excluding hydrogens is 256 g/mol. The molecule has 0 spiro atoms. The molecule has 0 bridgehead atoms. The Morgan fingerprint density at radius 1 is 1.45 bits per heavy atom. The van der Waals surface area contributed by atoms with Crippen LogP contribution >= 0.6 is 0 Å². The molecule has 3 rings (SSSR count). The van der Waals surface area contributed by atoms with Gasteiger partial charge in [-0.2, -0.15) is 10.2 Å². The Bertz CT molecular complexity index is 659. The molecule has 0 unspecified atom stereocenters. The van der Waals surface area contributed by atoms with Gasteiger partial charge in [0.2, 0.25) is 0 Å². The largest absolute Gasteiger partial charge is 0.508 e. The van der Waals surface area contributed by atoms with E-state index in [4.69, 9.17) is 0 Å². The SMILES string of the molecule is O=C(NN=Cc1cccc(O)c1)c1cc(C2CC2)[nH]n1. The van der Waals surface area contributed by atoms with Gasteiger partial charge >= 0.3 is 0 Å². The van der Waals surface area contributed by atoms with Gasteiger partial charge in [-0.25, -0.2) is 5.43 Å². The average molecular weight is 270 g/mol. The lowest BCUT2D eigenvalue weighted by molar-refractivity contribution is 0.0950. The van der Waals surface area contributed by atoms with E-state index in [-0.39, 0.29) is 11.7 Å². The monoisotopic (exact) mass is 270 g/mol. The van der Waals surface area contributed by atoms with Gasteiger partial charge in [0.15, 0.2) is 5.69 Å². The number of nitrogens with zero attached hydrogens (tertiary/aromatic N) is 2. The Labute approximate surface area is 115 Å². The van der Waals surface area contributed by atoms with E-state index >= 15 is 0 Å². The van der Waals surface area contributed by atoms with Crippen molar-refractivity contribution < 1.29 is 9.90 Å². The minimum absolute atomic E-state index is 0.154. The summed E-state index contributed by atoms with van der Waals surface area (Å²) in [5.41, 5.74) is 4.45. The number of phenolic OH excluding ortho intramolecular Hbond substituents is 1. The molecule has 3 N–H and O–H groups in total. The second-order valence-corrected chi connectivity index (χ2v) is 4.78. The summed E-state index contributed by atoms with van der Waals surface area (Å²) >= 11 is 0. The second-order valence-electron chi connectivity index (χ2n) is 4.78. The maximum absolute atomic E-state index is 11.8. The maximum Gasteiger partial charge on any atom is 0.291 e. The van der Waals surface area contributed by atoms with Gasteiger partial charge in [0.25, 0.3) is 5.91 Å². The number of amides is 1. The fraction of sp³-hybridized carbons (Fsp3) is 0.214. The zero-order chi connectivity index (χ0) is 13.9. The lowest BCUT2D eigenvalue weighted by atomic mass is 10.2. The third-order valence-electron chi connectivity index (χ3n) is 3.10. The van der Waals surface area contributed by atoms with Gasteiger partial charge in [-0.3, -0.25) is 9.89 Å². The number of aromatic nitrogens is 2. The van der Waals surface area contributed by atoms with Crippen LogP contribution in [0.3, 0.4) is 0 Å². The first-order valence-corrected chi connectivity index (χ1v) is 6.40. The summed E-state index contributed by atoms with van der Waals surface area (Å²) in [4.78, 5) is 11.8. The van der Waals surface area contributed by atoms with E-state index in [0.29, 0.717) is 17.2 Å². The van der Waals surface area contributed by atoms with Crippen LogP contribution in [0.15, 0.2) is 35.4 Å². The van der Waals surface area contributed by atoms with Gasteiger partial charge in [0, 0.05) is 11.6 Å². The quantitative estimate of drug-likeness (QED) is 0.584. The van der Waals surface area contributed by atoms with Crippen molar-refractivity contribution in [3.05, 3.63) is 47.3 Å². The van der Waals surface area contributed by atoms with Gasteiger partial charge in [0.05, 0.1) is 6.21 Å². The van der Waals surface area contributed by atoms with Crippen LogP contribution in [0.4, 0.5) is 0 Å². The highest BCUT2D eigenvalue weighted by Crippen LogP contribution is 2.38. The summed E-state index contributed by atoms with van der Waals surface area (Å²) in [6.45, 7) is 0. The number of carbonyl (C=O) groups is 1. The third-order valence-corrected chi connectivity index (χ3v) is 3.10. The molecule has 102 valence electrons. The van der Waals surface area contributed by atoms with Crippen LogP contribution < -0.4 is 5.43 Å². The molecule has 1 saturated carbocycles. The normalized spacial score (nSPS) is 14.6. The van der Waals surface area contributed by atoms with Gasteiger partial charge in [-0.1, -0.05) is 12.1 Å². The number of benzene rings is 1. The summed E-state index contributed by atoms with van der Waals surface area (Å²) in [7, 11) is 0. The molecule has 6 heteroatoms. The molecule has 1 fully saturated rings. The van der Waals surface area contributed by atoms with E-state index in [1.807, 2.05) is 0 Å². The standard InChI is InChI=1S/C14H14N4O2/c19-11-3-1-2-9(6-11)8-15-18-14(20)13-7-12(16-17-13)10-4-5-10/h1-3,6-8,10,19H,4-5H2,(H,16,17)(H,18,20). The molecule has 6 nitrogen and oxygen atoms in total. The predicted octanol–water partition coefficient (Wildman–Crippen LogP) is 1.76. The molecular formula is C14H14N4O2. The highest BCUT2D eigenvalue weighted by Gasteiger charge is 2.26. The van der Waals surface area contributed by atoms with Gasteiger partial charge in [-0.05, 0) is 36.6 Å². The van der Waals surface area contributed by atoms with Crippen molar-refractivity contribution in [3.8, 4) is 5.75 Å². The van der Waals surface area contributed by atoms with Crippen LogP contribution in [0.25, 0.3) is 0 Å². The van der Waals surface area contributed by atoms with Crippen molar-refractivity contribution in [2.45, 2.75) is 18.8 Å². The van der Waals surface area contributed by atoms with Crippen LogP contribution in [0.1, 0.15) is 40.5 Å². The third kappa shape index (κ3) is 2.85. The number of aromatic amines is 1. The van der Waals surface area contributed by atoms with E-state index in [9.17, 15) is 9.90 Å². The minimum atomic E-state index is -0.357. The number of nitrogens with one attached hydrogen (secondary N) is 2. The van der Waals surface area contributed by atoms with Crippen LogP contribution in [0, 0.1) is 0 Å². The zero-order valence-corrected chi connectivity index (χ0v) is 10.7. The number of hydrogen-bond acceptors (Lipinski definition) is 4. The van der Waals surface area contributed by atoms with E-state index < -0.39 is 0 Å². The molecule has 2 aromatic rings. The Kier molecular flexibility index (Phi) is 3.20. The van der Waals surface area contributed by atoms with E-state index in [1.165, 1.54) is 6.21 Å². The summed E-state index contributed by atoms with van der Waals surface area (Å²) in [5.74, 6) is 0.325. The fourth-order valence-electron chi connectivity index (χ4n) is 1.88. The van der Waals surface area contributed by atoms with Crippen molar-refractivity contribution in [1.29, 1.82) is 0 Å². The van der Waals surface area contributed by atoms with E-state index in [0.717, 1.165) is 18.5 Å². The molecule has 1 amide bonds. The Morgan fingerprint density at radius 2 is 2.30 bits per heavy atom. The molecule has 1 aromatic carbocycles. The highest BCUT2D eigenvalue weighted by molar-refractivity contribution is 5.93. The number of rotatable bonds is 4. The Balaban J connectivity index is 1.60. The maximum atomic E-state index is 11.8. The number of hydrogen-bond donors (Lipinski definition) is 3. The Morgan fingerprint density at radius 3 is 3.05 bits per heavy atom. The summed E-state index contributed by atoms with van der Waals surface area (Å²) in [6.07, 6.45) is 3.77. The van der Waals surface area contributed by atoms with Crippen LogP contribution in [0.5, 0.6) is 5.75 Å². The summed E-state index contributed by atoms with van der Waals surface area (Å²) in [5, 5.41) is 20.0. The molecule has 1 aromatic heterocycles. The molecule has 1 heterocycles. The summed E-state index contributed by atoms with van der Waals surface area (Å²) in [6, 6.07) is 8.36. The number of H-pyrrole nitrogens is 1. The predicted molar refractivity (Wildman–Crippen MR) is 73.7 cm³/mol. The molecule has 0 atom stereocenters. The van der Waals surface area contributed by atoms with Gasteiger partial charge in [-0.15, -0.1) is 0 Å². The number of aromatic hydroxyl groups is 1. The van der Waals surface area contributed by atoms with E-state index in [2.05, 4.69) is 20.7 Å². The second kappa shape index (κ2) is 5.16. The molecule has 20 heavy (non-hydrogen) atoms. The number of hydrazone groups is 1. The zero-order valence-electron chi connectivity index (χ0n) is 10.7. The van der Waals surface area contributed by atoms with Crippen molar-refractivity contribution >= 4 is 12.1 Å². The van der Waals surface area contributed by atoms with Crippen LogP contribution in [0.2, 0.25) is 0 Å². The number of carbonyl (C=O) groups excluding carboxylic acids is 1. The van der Waals surface area contributed by atoms with Crippen molar-refractivity contribution in [2.24, 2.45) is 5.10 Å². The molecule has 1 aliphatic carbocycles. The minimum Gasteiger partial charge on any atom is -0.508 e. The fourth-order valence-corrected chi connectivity index (χ4v) is 1.88. The highest BCUT2D eigenvalue weighted by atomic mass is 16.3. The topological polar surface area (TPSA) is 90.4 Å². The smallest absolute Gasteiger partial charge is 0.291 e.